The fraction of sp³-hybridized carbons (Fsp3) is 0.0500. The van der Waals surface area contributed by atoms with E-state index in [1.54, 1.807) is 18.3 Å². The highest BCUT2D eigenvalue weighted by Gasteiger charge is 2.20. The predicted molar refractivity (Wildman–Crippen MR) is 94.7 cm³/mol. The lowest BCUT2D eigenvalue weighted by molar-refractivity contribution is 0.475. The van der Waals surface area contributed by atoms with Gasteiger partial charge in [-0.3, -0.25) is 4.98 Å². The molecule has 1 aromatic heterocycles. The number of aromatic nitrogens is 1. The fourth-order valence-electron chi connectivity index (χ4n) is 2.62. The predicted octanol–water partition coefficient (Wildman–Crippen LogP) is 5.29. The van der Waals surface area contributed by atoms with Crippen LogP contribution in [0.25, 0.3) is 5.57 Å². The summed E-state index contributed by atoms with van der Waals surface area (Å²) < 4.78 is 0. The molecular weight excluding hydrogens is 306 g/mol. The Morgan fingerprint density at radius 3 is 2.43 bits per heavy atom. The first-order chi connectivity index (χ1) is 11.1. The second-order valence-corrected chi connectivity index (χ2v) is 5.75. The fourth-order valence-corrected chi connectivity index (χ4v) is 2.81. The van der Waals surface area contributed by atoms with Gasteiger partial charge >= 0.3 is 0 Å². The van der Waals surface area contributed by atoms with Crippen molar-refractivity contribution in [2.75, 3.05) is 0 Å². The van der Waals surface area contributed by atoms with Crippen LogP contribution in [0.15, 0.2) is 79.5 Å². The van der Waals surface area contributed by atoms with Crippen molar-refractivity contribution in [3.05, 3.63) is 101 Å². The monoisotopic (exact) mass is 321 g/mol. The van der Waals surface area contributed by atoms with Crippen LogP contribution >= 0.6 is 11.6 Å². The number of nitrogens with zero attached hydrogens (tertiary/aromatic N) is 1. The van der Waals surface area contributed by atoms with E-state index in [9.17, 15) is 5.11 Å². The second kappa shape index (κ2) is 6.67. The van der Waals surface area contributed by atoms with E-state index in [1.165, 1.54) is 0 Å². The largest absolute Gasteiger partial charge is 0.508 e. The highest BCUT2D eigenvalue weighted by atomic mass is 35.5. The van der Waals surface area contributed by atoms with Gasteiger partial charge < -0.3 is 5.11 Å². The summed E-state index contributed by atoms with van der Waals surface area (Å²) in [5.74, 6) is 0.136. The summed E-state index contributed by atoms with van der Waals surface area (Å²) in [7, 11) is 0. The molecule has 2 aromatic carbocycles. The third-order valence-electron chi connectivity index (χ3n) is 3.75. The van der Waals surface area contributed by atoms with E-state index in [0.717, 1.165) is 22.4 Å². The van der Waals surface area contributed by atoms with E-state index < -0.39 is 0 Å². The van der Waals surface area contributed by atoms with Crippen molar-refractivity contribution in [3.63, 3.8) is 0 Å². The van der Waals surface area contributed by atoms with Crippen LogP contribution in [0.2, 0.25) is 5.02 Å². The molecule has 0 bridgehead atoms. The van der Waals surface area contributed by atoms with Gasteiger partial charge in [0, 0.05) is 11.2 Å². The molecule has 0 amide bonds. The molecule has 1 N–H and O–H groups in total. The van der Waals surface area contributed by atoms with Crippen molar-refractivity contribution in [3.8, 4) is 5.75 Å². The molecule has 0 fully saturated rings. The Balaban J connectivity index is 2.08. The molecule has 23 heavy (non-hydrogen) atoms. The first-order valence-electron chi connectivity index (χ1n) is 7.30. The zero-order valence-corrected chi connectivity index (χ0v) is 13.2. The lowest BCUT2D eigenvalue weighted by atomic mass is 9.85. The molecule has 1 atom stereocenters. The Kier molecular flexibility index (Phi) is 4.45. The van der Waals surface area contributed by atoms with E-state index in [-0.39, 0.29) is 11.7 Å². The van der Waals surface area contributed by atoms with Crippen LogP contribution < -0.4 is 0 Å². The first kappa shape index (κ1) is 15.3. The number of hydrogen-bond donors (Lipinski definition) is 1. The van der Waals surface area contributed by atoms with E-state index in [1.807, 2.05) is 54.6 Å². The smallest absolute Gasteiger partial charge is 0.115 e. The van der Waals surface area contributed by atoms with Crippen LogP contribution in [0.4, 0.5) is 0 Å². The number of phenols is 1. The number of allylic oxidation sites excluding steroid dienone is 1. The molecule has 1 heterocycles. The highest BCUT2D eigenvalue weighted by Crippen LogP contribution is 2.36. The average molecular weight is 322 g/mol. The molecule has 0 saturated carbocycles. The zero-order chi connectivity index (χ0) is 16.2. The first-order valence-corrected chi connectivity index (χ1v) is 7.67. The van der Waals surface area contributed by atoms with Gasteiger partial charge in [-0.2, -0.15) is 0 Å². The SMILES string of the molecule is C=C(c1cccc(Cl)c1)[C@H](c1ccc(O)cc1)c1ccccn1. The minimum absolute atomic E-state index is 0.102. The van der Waals surface area contributed by atoms with Crippen molar-refractivity contribution in [2.24, 2.45) is 0 Å². The number of phenolic OH excluding ortho intramolecular Hbond substituents is 1. The Labute approximate surface area is 140 Å². The highest BCUT2D eigenvalue weighted by molar-refractivity contribution is 6.30. The van der Waals surface area contributed by atoms with Crippen LogP contribution in [-0.2, 0) is 0 Å². The molecule has 114 valence electrons. The Bertz CT molecular complexity index is 813. The maximum atomic E-state index is 9.55. The van der Waals surface area contributed by atoms with Gasteiger partial charge in [0.2, 0.25) is 0 Å². The molecule has 2 nitrogen and oxygen atoms in total. The number of rotatable bonds is 4. The standard InChI is InChI=1S/C20H16ClNO/c1-14(16-5-4-6-17(21)13-16)20(19-7-2-3-12-22-19)15-8-10-18(23)11-9-15/h2-13,20,23H,1H2/t20-/m1/s1. The summed E-state index contributed by atoms with van der Waals surface area (Å²) >= 11 is 6.12. The van der Waals surface area contributed by atoms with Gasteiger partial charge in [-0.1, -0.05) is 48.5 Å². The Morgan fingerprint density at radius 1 is 1.00 bits per heavy atom. The number of pyridine rings is 1. The van der Waals surface area contributed by atoms with Crippen molar-refractivity contribution in [2.45, 2.75) is 5.92 Å². The van der Waals surface area contributed by atoms with Crippen molar-refractivity contribution >= 4 is 17.2 Å². The Morgan fingerprint density at radius 2 is 1.78 bits per heavy atom. The number of halogens is 1. The van der Waals surface area contributed by atoms with Crippen LogP contribution in [-0.4, -0.2) is 10.1 Å². The maximum Gasteiger partial charge on any atom is 0.115 e. The summed E-state index contributed by atoms with van der Waals surface area (Å²) in [6, 6.07) is 20.6. The van der Waals surface area contributed by atoms with Crippen LogP contribution in [0.3, 0.4) is 0 Å². The third kappa shape index (κ3) is 3.43. The average Bonchev–Trinajstić information content (AvgIpc) is 2.58. The van der Waals surface area contributed by atoms with Gasteiger partial charge in [-0.05, 0) is 53.1 Å². The molecule has 0 spiro atoms. The van der Waals surface area contributed by atoms with Crippen LogP contribution in [0.5, 0.6) is 5.75 Å². The van der Waals surface area contributed by atoms with Crippen LogP contribution in [0, 0.1) is 0 Å². The Hall–Kier alpha value is -2.58. The van der Waals surface area contributed by atoms with Gasteiger partial charge in [0.25, 0.3) is 0 Å². The van der Waals surface area contributed by atoms with Crippen molar-refractivity contribution in [1.29, 1.82) is 0 Å². The van der Waals surface area contributed by atoms with Crippen molar-refractivity contribution < 1.29 is 5.11 Å². The molecular formula is C20H16ClNO. The molecule has 3 aromatic rings. The number of benzene rings is 2. The van der Waals surface area contributed by atoms with E-state index in [4.69, 9.17) is 11.6 Å². The van der Waals surface area contributed by atoms with E-state index >= 15 is 0 Å². The molecule has 3 heteroatoms. The van der Waals surface area contributed by atoms with Gasteiger partial charge in [0.1, 0.15) is 5.75 Å². The molecule has 0 radical (unpaired) electrons. The molecule has 0 unspecified atom stereocenters. The minimum Gasteiger partial charge on any atom is -0.508 e. The molecule has 0 aliphatic carbocycles. The minimum atomic E-state index is -0.102. The van der Waals surface area contributed by atoms with E-state index in [0.29, 0.717) is 5.02 Å². The maximum absolute atomic E-state index is 9.55. The van der Waals surface area contributed by atoms with Crippen molar-refractivity contribution in [1.82, 2.24) is 4.98 Å². The topological polar surface area (TPSA) is 33.1 Å². The van der Waals surface area contributed by atoms with Gasteiger partial charge in [-0.25, -0.2) is 0 Å². The summed E-state index contributed by atoms with van der Waals surface area (Å²) in [5.41, 5.74) is 3.81. The number of aromatic hydroxyl groups is 1. The lowest BCUT2D eigenvalue weighted by Gasteiger charge is -2.20. The molecule has 0 aliphatic heterocycles. The molecule has 3 rings (SSSR count). The lowest BCUT2D eigenvalue weighted by Crippen LogP contribution is -2.05. The molecule has 0 aliphatic rings. The summed E-state index contributed by atoms with van der Waals surface area (Å²) in [4.78, 5) is 4.49. The van der Waals surface area contributed by atoms with Gasteiger partial charge in [0.15, 0.2) is 0 Å². The summed E-state index contributed by atoms with van der Waals surface area (Å²) in [6.45, 7) is 4.28. The van der Waals surface area contributed by atoms with E-state index in [2.05, 4.69) is 11.6 Å². The molecule has 0 saturated heterocycles. The van der Waals surface area contributed by atoms with Gasteiger partial charge in [-0.15, -0.1) is 0 Å². The summed E-state index contributed by atoms with van der Waals surface area (Å²) in [6.07, 6.45) is 1.77. The zero-order valence-electron chi connectivity index (χ0n) is 12.5. The van der Waals surface area contributed by atoms with Crippen LogP contribution in [0.1, 0.15) is 22.7 Å². The number of hydrogen-bond acceptors (Lipinski definition) is 2. The quantitative estimate of drug-likeness (QED) is 0.708. The second-order valence-electron chi connectivity index (χ2n) is 5.31. The summed E-state index contributed by atoms with van der Waals surface area (Å²) in [5, 5.41) is 10.2. The third-order valence-corrected chi connectivity index (χ3v) is 3.99. The normalized spacial score (nSPS) is 11.9. The van der Waals surface area contributed by atoms with Gasteiger partial charge in [0.05, 0.1) is 11.6 Å².